The van der Waals surface area contributed by atoms with E-state index in [0.717, 1.165) is 18.6 Å². The van der Waals surface area contributed by atoms with E-state index >= 15 is 0 Å². The van der Waals surface area contributed by atoms with Crippen molar-refractivity contribution in [3.8, 4) is 0 Å². The fraction of sp³-hybridized carbons (Fsp3) is 0.812. The number of rotatable bonds is 5. The van der Waals surface area contributed by atoms with Gasteiger partial charge >= 0.3 is 0 Å². The third-order valence-corrected chi connectivity index (χ3v) is 10.1. The van der Waals surface area contributed by atoms with Gasteiger partial charge in [-0.15, -0.1) is 0 Å². The standard InChI is InChI=1S/C16H32N2O3SSi/c1-12-9-10-14(17-18-22(19)20)16(5,6)13(12)11-21-23(7,8)15(2,3)4/h18H,9-11H2,1-8H3,(H,19,20)/p-1/b17-14-. The van der Waals surface area contributed by atoms with Gasteiger partial charge in [0.2, 0.25) is 0 Å². The molecule has 1 atom stereocenters. The number of hydrazone groups is 1. The quantitative estimate of drug-likeness (QED) is 0.350. The van der Waals surface area contributed by atoms with E-state index in [1.165, 1.54) is 11.1 Å². The summed E-state index contributed by atoms with van der Waals surface area (Å²) in [6.07, 6.45) is 1.66. The maximum absolute atomic E-state index is 10.7. The van der Waals surface area contributed by atoms with Crippen molar-refractivity contribution in [1.29, 1.82) is 0 Å². The van der Waals surface area contributed by atoms with Gasteiger partial charge in [0.05, 0.1) is 17.9 Å². The molecule has 0 saturated heterocycles. The van der Waals surface area contributed by atoms with Gasteiger partial charge in [-0.2, -0.15) is 5.10 Å². The van der Waals surface area contributed by atoms with E-state index < -0.39 is 19.6 Å². The highest BCUT2D eigenvalue weighted by molar-refractivity contribution is 7.77. The number of hydrogen-bond donors (Lipinski definition) is 1. The Kier molecular flexibility index (Phi) is 6.40. The molecule has 0 amide bonds. The smallest absolute Gasteiger partial charge is 0.192 e. The second kappa shape index (κ2) is 7.17. The van der Waals surface area contributed by atoms with Gasteiger partial charge in [-0.05, 0) is 43.5 Å². The van der Waals surface area contributed by atoms with Crippen LogP contribution in [0.3, 0.4) is 0 Å². The van der Waals surface area contributed by atoms with Gasteiger partial charge in [0.25, 0.3) is 0 Å². The second-order valence-corrected chi connectivity index (χ2v) is 13.8. The van der Waals surface area contributed by atoms with Crippen LogP contribution in [-0.2, 0) is 15.7 Å². The average Bonchev–Trinajstić information content (AvgIpc) is 2.35. The molecule has 134 valence electrons. The first-order valence-electron chi connectivity index (χ1n) is 8.04. The van der Waals surface area contributed by atoms with Crippen LogP contribution in [-0.4, -0.2) is 29.4 Å². The Balaban J connectivity index is 3.00. The summed E-state index contributed by atoms with van der Waals surface area (Å²) in [6.45, 7) is 18.1. The highest BCUT2D eigenvalue weighted by Gasteiger charge is 2.40. The largest absolute Gasteiger partial charge is 0.754 e. The molecule has 0 aromatic carbocycles. The number of allylic oxidation sites excluding steroid dienone is 1. The lowest BCUT2D eigenvalue weighted by Crippen LogP contribution is -2.43. The number of nitrogens with one attached hydrogen (secondary N) is 1. The predicted octanol–water partition coefficient (Wildman–Crippen LogP) is 3.88. The molecule has 0 fully saturated rings. The molecule has 1 aliphatic carbocycles. The number of hydrogen-bond acceptors (Lipinski definition) is 4. The highest BCUT2D eigenvalue weighted by atomic mass is 32.2. The van der Waals surface area contributed by atoms with Crippen molar-refractivity contribution in [2.24, 2.45) is 10.5 Å². The Morgan fingerprint density at radius 2 is 1.91 bits per heavy atom. The molecule has 0 aromatic heterocycles. The maximum atomic E-state index is 10.7. The fourth-order valence-electron chi connectivity index (χ4n) is 2.54. The summed E-state index contributed by atoms with van der Waals surface area (Å²) in [7, 11) is -1.83. The monoisotopic (exact) mass is 359 g/mol. The molecule has 0 radical (unpaired) electrons. The van der Waals surface area contributed by atoms with Crippen molar-refractivity contribution >= 4 is 25.3 Å². The fourth-order valence-corrected chi connectivity index (χ4v) is 3.66. The van der Waals surface area contributed by atoms with E-state index in [2.05, 4.69) is 64.6 Å². The minimum absolute atomic E-state index is 0.165. The molecule has 0 aromatic rings. The molecule has 5 nitrogen and oxygen atoms in total. The van der Waals surface area contributed by atoms with Crippen molar-refractivity contribution < 1.29 is 13.2 Å². The van der Waals surface area contributed by atoms with Crippen molar-refractivity contribution in [1.82, 2.24) is 4.83 Å². The van der Waals surface area contributed by atoms with Gasteiger partial charge in [-0.3, -0.25) is 4.21 Å². The van der Waals surface area contributed by atoms with Crippen molar-refractivity contribution in [3.05, 3.63) is 11.1 Å². The minimum Gasteiger partial charge on any atom is -0.754 e. The zero-order valence-corrected chi connectivity index (χ0v) is 17.5. The van der Waals surface area contributed by atoms with Crippen LogP contribution >= 0.6 is 0 Å². The van der Waals surface area contributed by atoms with Crippen LogP contribution in [0.15, 0.2) is 16.2 Å². The summed E-state index contributed by atoms with van der Waals surface area (Å²) in [5.41, 5.74) is 3.12. The molecule has 7 heteroatoms. The summed E-state index contributed by atoms with van der Waals surface area (Å²) in [6, 6.07) is 0. The number of nitrogens with zero attached hydrogens (tertiary/aromatic N) is 1. The van der Waals surface area contributed by atoms with Gasteiger partial charge in [-0.25, -0.2) is 4.83 Å². The van der Waals surface area contributed by atoms with Crippen LogP contribution < -0.4 is 4.83 Å². The Morgan fingerprint density at radius 3 is 2.39 bits per heavy atom. The molecule has 1 rings (SSSR count). The summed E-state index contributed by atoms with van der Waals surface area (Å²) in [4.78, 5) is 2.15. The molecular formula is C16H31N2O3SSi-. The van der Waals surface area contributed by atoms with E-state index in [0.29, 0.717) is 6.61 Å². The van der Waals surface area contributed by atoms with Gasteiger partial charge in [-0.1, -0.05) is 40.2 Å². The normalized spacial score (nSPS) is 22.4. The van der Waals surface area contributed by atoms with Gasteiger partial charge < -0.3 is 8.98 Å². The zero-order valence-electron chi connectivity index (χ0n) is 15.7. The maximum Gasteiger partial charge on any atom is 0.192 e. The molecule has 1 unspecified atom stereocenters. The summed E-state index contributed by atoms with van der Waals surface area (Å²) >= 11 is -2.38. The van der Waals surface area contributed by atoms with Crippen LogP contribution in [0.25, 0.3) is 0 Å². The van der Waals surface area contributed by atoms with Crippen LogP contribution in [0.5, 0.6) is 0 Å². The molecule has 0 bridgehead atoms. The summed E-state index contributed by atoms with van der Waals surface area (Å²) in [5, 5.41) is 4.25. The Hall–Kier alpha value is -0.503. The van der Waals surface area contributed by atoms with Crippen LogP contribution in [0, 0.1) is 5.41 Å². The molecule has 1 aliphatic rings. The Morgan fingerprint density at radius 1 is 1.35 bits per heavy atom. The van der Waals surface area contributed by atoms with E-state index in [1.54, 1.807) is 0 Å². The molecule has 1 N–H and O–H groups in total. The zero-order chi connectivity index (χ0) is 18.1. The first-order valence-corrected chi connectivity index (χ1v) is 12.0. The van der Waals surface area contributed by atoms with E-state index in [-0.39, 0.29) is 10.5 Å². The average molecular weight is 360 g/mol. The van der Waals surface area contributed by atoms with Crippen LogP contribution in [0.2, 0.25) is 18.1 Å². The van der Waals surface area contributed by atoms with Gasteiger partial charge in [0, 0.05) is 11.1 Å². The first-order chi connectivity index (χ1) is 10.3. The third-order valence-electron chi connectivity index (χ3n) is 5.37. The molecule has 0 heterocycles. The van der Waals surface area contributed by atoms with Gasteiger partial charge in [0.15, 0.2) is 8.32 Å². The molecular weight excluding hydrogens is 328 g/mol. The van der Waals surface area contributed by atoms with E-state index in [9.17, 15) is 8.76 Å². The van der Waals surface area contributed by atoms with Crippen molar-refractivity contribution in [2.75, 3.05) is 6.61 Å². The van der Waals surface area contributed by atoms with Crippen molar-refractivity contribution in [3.63, 3.8) is 0 Å². The predicted molar refractivity (Wildman–Crippen MR) is 98.4 cm³/mol. The highest BCUT2D eigenvalue weighted by Crippen LogP contribution is 2.41. The summed E-state index contributed by atoms with van der Waals surface area (Å²) in [5.74, 6) is 0. The Bertz CT molecular complexity index is 534. The topological polar surface area (TPSA) is 73.8 Å². The lowest BCUT2D eigenvalue weighted by atomic mass is 9.71. The molecule has 0 spiro atoms. The lowest BCUT2D eigenvalue weighted by Gasteiger charge is -2.40. The lowest BCUT2D eigenvalue weighted by molar-refractivity contribution is 0.296. The van der Waals surface area contributed by atoms with E-state index in [4.69, 9.17) is 4.43 Å². The second-order valence-electron chi connectivity index (χ2n) is 8.32. The van der Waals surface area contributed by atoms with Crippen molar-refractivity contribution in [2.45, 2.75) is 72.5 Å². The van der Waals surface area contributed by atoms with Gasteiger partial charge in [0.1, 0.15) is 0 Å². The molecule has 0 saturated carbocycles. The van der Waals surface area contributed by atoms with Crippen LogP contribution in [0.1, 0.15) is 54.4 Å². The SMILES string of the molecule is CC1=C(CO[Si](C)(C)C(C)(C)C)C(C)(C)/C(=N\NS(=O)[O-])CC1. The molecule has 23 heavy (non-hydrogen) atoms. The first kappa shape index (κ1) is 20.5. The molecule has 0 aliphatic heterocycles. The third kappa shape index (κ3) is 4.98. The summed E-state index contributed by atoms with van der Waals surface area (Å²) < 4.78 is 27.8. The van der Waals surface area contributed by atoms with E-state index in [1.807, 2.05) is 0 Å². The Labute approximate surface area is 144 Å². The minimum atomic E-state index is -2.38. The van der Waals surface area contributed by atoms with Crippen LogP contribution in [0.4, 0.5) is 0 Å².